The molecular weight excluding hydrogens is 458 g/mol. The van der Waals surface area contributed by atoms with E-state index in [2.05, 4.69) is 61.6 Å². The van der Waals surface area contributed by atoms with E-state index in [1.807, 2.05) is 31.2 Å². The van der Waals surface area contributed by atoms with Gasteiger partial charge in [-0.15, -0.1) is 35.4 Å². The molecule has 0 saturated heterocycles. The van der Waals surface area contributed by atoms with Crippen LogP contribution < -0.4 is 24.8 Å². The van der Waals surface area contributed by atoms with Crippen molar-refractivity contribution in [3.63, 3.8) is 0 Å². The van der Waals surface area contributed by atoms with Gasteiger partial charge in [-0.2, -0.15) is 6.08 Å². The molecule has 0 N–H and O–H groups in total. The van der Waals surface area contributed by atoms with Crippen molar-refractivity contribution in [2.75, 3.05) is 0 Å². The fourth-order valence-corrected chi connectivity index (χ4v) is 2.22. The largest absolute Gasteiger partial charge is 1.00 e. The van der Waals surface area contributed by atoms with Crippen molar-refractivity contribution in [3.05, 3.63) is 78.6 Å². The summed E-state index contributed by atoms with van der Waals surface area (Å²) in [6.45, 7) is 6.58. The van der Waals surface area contributed by atoms with E-state index in [1.165, 1.54) is 10.8 Å². The van der Waals surface area contributed by atoms with Gasteiger partial charge in [-0.05, 0) is 19.1 Å². The standard InChI is InChI=1S/C14H11O.C5H5.C2H6Si.2ClH.Zr/c1-10-6-7-14(15-10)13-8-11-4-2-3-5-12(11)9-13;1-2-4-5-3-1;1-3-2;;;/h2-9H,1H3;1-3H,4H2;1-2H3;2*1H;/q2*-1;;;;+2/p-2. The minimum Gasteiger partial charge on any atom is -1.00 e. The van der Waals surface area contributed by atoms with Crippen LogP contribution >= 0.6 is 0 Å². The molecule has 0 amide bonds. The van der Waals surface area contributed by atoms with Crippen molar-refractivity contribution in [2.24, 2.45) is 0 Å². The van der Waals surface area contributed by atoms with Crippen molar-refractivity contribution in [1.29, 1.82) is 0 Å². The first-order valence-corrected chi connectivity index (χ1v) is 14.2. The molecule has 0 spiro atoms. The Morgan fingerprint density at radius 2 is 1.81 bits per heavy atom. The summed E-state index contributed by atoms with van der Waals surface area (Å²) in [6, 6.07) is 16.7. The molecule has 0 bridgehead atoms. The molecule has 26 heavy (non-hydrogen) atoms. The third kappa shape index (κ3) is 8.77. The van der Waals surface area contributed by atoms with Gasteiger partial charge in [0.15, 0.2) is 0 Å². The number of hydrogen-bond acceptors (Lipinski definition) is 1. The first-order chi connectivity index (χ1) is 11.6. The van der Waals surface area contributed by atoms with Crippen LogP contribution in [0.4, 0.5) is 0 Å². The van der Waals surface area contributed by atoms with E-state index >= 15 is 0 Å². The van der Waals surface area contributed by atoms with E-state index in [-0.39, 0.29) is 30.2 Å². The Bertz CT molecular complexity index is 815. The Morgan fingerprint density at radius 3 is 2.27 bits per heavy atom. The van der Waals surface area contributed by atoms with Gasteiger partial charge < -0.3 is 29.2 Å². The van der Waals surface area contributed by atoms with Crippen LogP contribution in [-0.2, 0) is 23.3 Å². The number of benzene rings is 1. The molecule has 3 aromatic rings. The second kappa shape index (κ2) is 13.4. The van der Waals surface area contributed by atoms with Crippen LogP contribution in [0.1, 0.15) is 12.2 Å². The molecule has 4 rings (SSSR count). The van der Waals surface area contributed by atoms with Crippen molar-refractivity contribution in [2.45, 2.75) is 26.4 Å². The first kappa shape index (κ1) is 25.3. The van der Waals surface area contributed by atoms with E-state index in [4.69, 9.17) is 4.42 Å². The molecule has 0 radical (unpaired) electrons. The third-order valence-corrected chi connectivity index (χ3v) is 3.23. The summed E-state index contributed by atoms with van der Waals surface area (Å²) in [6.07, 6.45) is 10.0. The summed E-state index contributed by atoms with van der Waals surface area (Å²) in [4.78, 5) is 0. The van der Waals surface area contributed by atoms with Crippen LogP contribution in [0.3, 0.4) is 0 Å². The van der Waals surface area contributed by atoms with Crippen molar-refractivity contribution in [3.8, 4) is 11.3 Å². The summed E-state index contributed by atoms with van der Waals surface area (Å²) in [5.41, 5.74) is 1.37. The first-order valence-electron chi connectivity index (χ1n) is 8.02. The average Bonchev–Trinajstić information content (AvgIpc) is 3.28. The van der Waals surface area contributed by atoms with E-state index in [9.17, 15) is 0 Å². The fraction of sp³-hybridized carbons (Fsp3) is 0.190. The van der Waals surface area contributed by atoms with Gasteiger partial charge in [0, 0.05) is 0 Å². The minimum absolute atomic E-state index is 0. The molecule has 0 saturated carbocycles. The van der Waals surface area contributed by atoms with Crippen molar-refractivity contribution >= 4 is 16.2 Å². The number of allylic oxidation sites excluding steroid dienone is 4. The number of aryl methyl sites for hydroxylation is 1. The van der Waals surface area contributed by atoms with Crippen molar-refractivity contribution in [1.82, 2.24) is 0 Å². The van der Waals surface area contributed by atoms with Gasteiger partial charge in [-0.25, -0.2) is 12.2 Å². The van der Waals surface area contributed by atoms with Gasteiger partial charge in [0.2, 0.25) is 0 Å². The molecule has 1 aliphatic rings. The molecule has 1 aromatic heterocycles. The Labute approximate surface area is 184 Å². The van der Waals surface area contributed by atoms with E-state index < -0.39 is 0 Å². The number of furan rings is 1. The molecule has 1 heterocycles. The molecule has 1 aliphatic carbocycles. The molecule has 2 aromatic carbocycles. The maximum absolute atomic E-state index is 5.60. The van der Waals surface area contributed by atoms with Gasteiger partial charge in [0.1, 0.15) is 0 Å². The molecule has 136 valence electrons. The maximum Gasteiger partial charge on any atom is 0.0896 e. The summed E-state index contributed by atoms with van der Waals surface area (Å²) in [7, 11) is 0. The number of halogens is 2. The van der Waals surface area contributed by atoms with Gasteiger partial charge >= 0.3 is 41.9 Å². The van der Waals surface area contributed by atoms with Crippen molar-refractivity contribution < 1.29 is 52.6 Å². The predicted molar refractivity (Wildman–Crippen MR) is 101 cm³/mol. The van der Waals surface area contributed by atoms with Crippen LogP contribution in [-0.4, -0.2) is 5.43 Å². The van der Waals surface area contributed by atoms with Crippen LogP contribution in [0.5, 0.6) is 0 Å². The zero-order chi connectivity index (χ0) is 17.4. The quantitative estimate of drug-likeness (QED) is 0.359. The summed E-state index contributed by atoms with van der Waals surface area (Å²) in [5, 5.41) is 2.53. The summed E-state index contributed by atoms with van der Waals surface area (Å²) < 4.78 is 5.60. The minimum atomic E-state index is 0. The number of hydrogen-bond donors (Lipinski definition) is 0. The topological polar surface area (TPSA) is 13.1 Å². The molecule has 0 aliphatic heterocycles. The second-order valence-electron chi connectivity index (χ2n) is 5.79. The van der Waals surface area contributed by atoms with Gasteiger partial charge in [-0.1, -0.05) is 23.8 Å². The molecule has 1 nitrogen and oxygen atoms in total. The smallest absolute Gasteiger partial charge is 0.0896 e. The predicted octanol–water partition coefficient (Wildman–Crippen LogP) is 0.225. The van der Waals surface area contributed by atoms with Gasteiger partial charge in [-0.3, -0.25) is 6.08 Å². The Hall–Kier alpha value is -0.730. The zero-order valence-electron chi connectivity index (χ0n) is 15.2. The molecule has 0 fully saturated rings. The van der Waals surface area contributed by atoms with E-state index in [0.29, 0.717) is 0 Å². The molecule has 0 atom stereocenters. The SMILES string of the molecule is C[Si](C)=[Zr+2].Cc1ccc(-c2cc3ccccc3[cH-]2)o1.[C-]1=CC=CC1.[Cl-].[Cl-]. The molecule has 0 unspecified atom stereocenters. The van der Waals surface area contributed by atoms with E-state index in [0.717, 1.165) is 23.5 Å². The Balaban J connectivity index is 0.000000480. The summed E-state index contributed by atoms with van der Waals surface area (Å²) >= 11 is 1.74. The van der Waals surface area contributed by atoms with Crippen LogP contribution in [0.25, 0.3) is 22.1 Å². The van der Waals surface area contributed by atoms with Gasteiger partial charge in [0.05, 0.1) is 11.5 Å². The number of fused-ring (bicyclic) bond motifs is 1. The fourth-order valence-electron chi connectivity index (χ4n) is 2.22. The maximum atomic E-state index is 5.60. The second-order valence-corrected chi connectivity index (χ2v) is 15.2. The van der Waals surface area contributed by atoms with Crippen LogP contribution in [0.15, 0.2) is 71.2 Å². The molecule has 5 heteroatoms. The Morgan fingerprint density at radius 1 is 1.12 bits per heavy atom. The van der Waals surface area contributed by atoms with E-state index in [1.54, 1.807) is 23.3 Å². The third-order valence-electron chi connectivity index (χ3n) is 3.23. The number of rotatable bonds is 1. The Kier molecular flexibility index (Phi) is 13.1. The zero-order valence-corrected chi connectivity index (χ0v) is 20.2. The monoisotopic (exact) mass is 478 g/mol. The average molecular weight is 481 g/mol. The normalized spacial score (nSPS) is 10.8. The van der Waals surface area contributed by atoms with Crippen LogP contribution in [0.2, 0.25) is 13.1 Å². The van der Waals surface area contributed by atoms with Crippen LogP contribution in [0, 0.1) is 13.0 Å². The summed E-state index contributed by atoms with van der Waals surface area (Å²) in [5.74, 6) is 1.90. The van der Waals surface area contributed by atoms with Gasteiger partial charge in [0.25, 0.3) is 0 Å². The molecular formula is C21H22Cl2OSiZr-2.